The summed E-state index contributed by atoms with van der Waals surface area (Å²) in [5, 5.41) is 12.9. The van der Waals surface area contributed by atoms with E-state index in [1.54, 1.807) is 24.3 Å². The fourth-order valence-electron chi connectivity index (χ4n) is 1.93. The van der Waals surface area contributed by atoms with Crippen molar-refractivity contribution in [3.63, 3.8) is 0 Å². The van der Waals surface area contributed by atoms with Gasteiger partial charge in [0.1, 0.15) is 11.5 Å². The number of aromatic hydroxyl groups is 1. The molecule has 0 bridgehead atoms. The first kappa shape index (κ1) is 15.4. The fourth-order valence-corrected chi connectivity index (χ4v) is 2.13. The molecule has 6 heteroatoms. The van der Waals surface area contributed by atoms with Crippen LogP contribution in [0.4, 0.5) is 14.5 Å². The van der Waals surface area contributed by atoms with E-state index in [1.807, 2.05) is 6.92 Å². The maximum Gasteiger partial charge on any atom is 0.387 e. The third kappa shape index (κ3) is 4.23. The summed E-state index contributed by atoms with van der Waals surface area (Å²) in [7, 11) is 0. The van der Waals surface area contributed by atoms with Gasteiger partial charge in [-0.15, -0.1) is 0 Å². The van der Waals surface area contributed by atoms with Crippen LogP contribution >= 0.6 is 11.6 Å². The van der Waals surface area contributed by atoms with Crippen LogP contribution in [0.2, 0.25) is 5.02 Å². The Kier molecular flexibility index (Phi) is 4.85. The molecule has 0 saturated carbocycles. The molecule has 0 heterocycles. The number of phenols is 1. The Balaban J connectivity index is 2.16. The maximum absolute atomic E-state index is 12.4. The van der Waals surface area contributed by atoms with E-state index in [9.17, 15) is 13.9 Å². The van der Waals surface area contributed by atoms with E-state index in [2.05, 4.69) is 10.1 Å². The lowest BCUT2D eigenvalue weighted by molar-refractivity contribution is -0.0504. The fraction of sp³-hybridized carbons (Fsp3) is 0.200. The van der Waals surface area contributed by atoms with E-state index in [0.717, 1.165) is 11.3 Å². The minimum Gasteiger partial charge on any atom is -0.508 e. The van der Waals surface area contributed by atoms with Crippen molar-refractivity contribution in [2.45, 2.75) is 20.1 Å². The summed E-state index contributed by atoms with van der Waals surface area (Å²) in [6.45, 7) is -0.787. The van der Waals surface area contributed by atoms with Gasteiger partial charge in [0.15, 0.2) is 0 Å². The summed E-state index contributed by atoms with van der Waals surface area (Å²) in [6.07, 6.45) is 0. The van der Waals surface area contributed by atoms with Gasteiger partial charge in [-0.25, -0.2) is 0 Å². The molecule has 0 aromatic heterocycles. The van der Waals surface area contributed by atoms with Crippen molar-refractivity contribution in [1.29, 1.82) is 0 Å². The summed E-state index contributed by atoms with van der Waals surface area (Å²) in [5.41, 5.74) is 2.15. The number of anilines is 1. The largest absolute Gasteiger partial charge is 0.508 e. The molecule has 0 amide bonds. The lowest BCUT2D eigenvalue weighted by atomic mass is 10.1. The zero-order valence-corrected chi connectivity index (χ0v) is 12.0. The van der Waals surface area contributed by atoms with Gasteiger partial charge in [0.05, 0.1) is 0 Å². The highest BCUT2D eigenvalue weighted by Gasteiger charge is 2.10. The highest BCUT2D eigenvalue weighted by Crippen LogP contribution is 2.27. The average molecular weight is 314 g/mol. The van der Waals surface area contributed by atoms with Crippen LogP contribution in [0.1, 0.15) is 11.1 Å². The van der Waals surface area contributed by atoms with E-state index in [1.165, 1.54) is 12.1 Å². The number of phenolic OH excluding ortho intramolecular Hbond substituents is 1. The first-order valence-electron chi connectivity index (χ1n) is 6.22. The average Bonchev–Trinajstić information content (AvgIpc) is 2.40. The Hall–Kier alpha value is -2.01. The maximum atomic E-state index is 12.4. The summed E-state index contributed by atoms with van der Waals surface area (Å²) in [5.74, 6) is 0.251. The first-order valence-corrected chi connectivity index (χ1v) is 6.60. The molecule has 2 rings (SSSR count). The molecule has 0 saturated heterocycles. The van der Waals surface area contributed by atoms with Crippen LogP contribution in [0.25, 0.3) is 0 Å². The number of halogens is 3. The molecule has 2 N–H and O–H groups in total. The van der Waals surface area contributed by atoms with Crippen molar-refractivity contribution in [2.75, 3.05) is 5.32 Å². The van der Waals surface area contributed by atoms with Crippen molar-refractivity contribution in [2.24, 2.45) is 0 Å². The van der Waals surface area contributed by atoms with Crippen LogP contribution in [-0.4, -0.2) is 11.7 Å². The molecule has 0 aliphatic rings. The lowest BCUT2D eigenvalue weighted by Crippen LogP contribution is -2.07. The zero-order valence-electron chi connectivity index (χ0n) is 11.2. The van der Waals surface area contributed by atoms with E-state index in [4.69, 9.17) is 11.6 Å². The number of rotatable bonds is 5. The van der Waals surface area contributed by atoms with E-state index >= 15 is 0 Å². The smallest absolute Gasteiger partial charge is 0.387 e. The van der Waals surface area contributed by atoms with Crippen LogP contribution in [0.3, 0.4) is 0 Å². The molecule has 2 aromatic rings. The second-order valence-electron chi connectivity index (χ2n) is 4.48. The second-order valence-corrected chi connectivity index (χ2v) is 4.92. The van der Waals surface area contributed by atoms with E-state index in [-0.39, 0.29) is 18.0 Å². The van der Waals surface area contributed by atoms with Crippen molar-refractivity contribution in [3.05, 3.63) is 52.5 Å². The number of aryl methyl sites for hydroxylation is 1. The van der Waals surface area contributed by atoms with Crippen molar-refractivity contribution in [3.8, 4) is 11.5 Å². The predicted octanol–water partition coefficient (Wildman–Crippen LogP) is 4.57. The second kappa shape index (κ2) is 6.63. The molecular formula is C15H14ClF2NO2. The SMILES string of the molecule is Cc1cc(O)ccc1NCc1cc(Cl)ccc1OC(F)F. The molecule has 0 spiro atoms. The zero-order chi connectivity index (χ0) is 15.4. The van der Waals surface area contributed by atoms with Crippen LogP contribution in [0.15, 0.2) is 36.4 Å². The summed E-state index contributed by atoms with van der Waals surface area (Å²) in [6, 6.07) is 9.34. The number of alkyl halides is 2. The molecule has 112 valence electrons. The Labute approximate surface area is 126 Å². The molecule has 0 aliphatic carbocycles. The summed E-state index contributed by atoms with van der Waals surface area (Å²) in [4.78, 5) is 0. The first-order chi connectivity index (χ1) is 9.95. The number of hydrogen-bond donors (Lipinski definition) is 2. The van der Waals surface area contributed by atoms with Crippen LogP contribution in [-0.2, 0) is 6.54 Å². The highest BCUT2D eigenvalue weighted by atomic mass is 35.5. The minimum atomic E-state index is -2.89. The number of nitrogens with one attached hydrogen (secondary N) is 1. The van der Waals surface area contributed by atoms with Gasteiger partial charge in [-0.1, -0.05) is 11.6 Å². The van der Waals surface area contributed by atoms with E-state index < -0.39 is 6.61 Å². The number of hydrogen-bond acceptors (Lipinski definition) is 3. The van der Waals surface area contributed by atoms with Gasteiger partial charge in [0, 0.05) is 22.8 Å². The van der Waals surface area contributed by atoms with Gasteiger partial charge >= 0.3 is 6.61 Å². The lowest BCUT2D eigenvalue weighted by Gasteiger charge is -2.14. The third-order valence-corrected chi connectivity index (χ3v) is 3.15. The third-order valence-electron chi connectivity index (χ3n) is 2.92. The molecule has 0 fully saturated rings. The van der Waals surface area contributed by atoms with Gasteiger partial charge < -0.3 is 15.2 Å². The quantitative estimate of drug-likeness (QED) is 0.795. The van der Waals surface area contributed by atoms with Crippen molar-refractivity contribution in [1.82, 2.24) is 0 Å². The van der Waals surface area contributed by atoms with Crippen LogP contribution in [0, 0.1) is 6.92 Å². The topological polar surface area (TPSA) is 41.5 Å². The van der Waals surface area contributed by atoms with Crippen LogP contribution in [0.5, 0.6) is 11.5 Å². The molecule has 3 nitrogen and oxygen atoms in total. The normalized spacial score (nSPS) is 10.7. The Morgan fingerprint density at radius 2 is 2.00 bits per heavy atom. The number of benzene rings is 2. The Morgan fingerprint density at radius 1 is 1.24 bits per heavy atom. The van der Waals surface area contributed by atoms with Gasteiger partial charge in [0.25, 0.3) is 0 Å². The monoisotopic (exact) mass is 313 g/mol. The molecule has 0 radical (unpaired) electrons. The van der Waals surface area contributed by atoms with E-state index in [0.29, 0.717) is 10.6 Å². The van der Waals surface area contributed by atoms with Gasteiger partial charge in [-0.05, 0) is 48.9 Å². The van der Waals surface area contributed by atoms with Gasteiger partial charge in [0.2, 0.25) is 0 Å². The standard InChI is InChI=1S/C15H14ClF2NO2/c1-9-6-12(20)3-4-13(9)19-8-10-7-11(16)2-5-14(10)21-15(17)18/h2-7,15,19-20H,8H2,1H3. The number of ether oxygens (including phenoxy) is 1. The summed E-state index contributed by atoms with van der Waals surface area (Å²) >= 11 is 5.88. The van der Waals surface area contributed by atoms with Crippen molar-refractivity contribution >= 4 is 17.3 Å². The molecule has 21 heavy (non-hydrogen) atoms. The Bertz CT molecular complexity index is 635. The van der Waals surface area contributed by atoms with Gasteiger partial charge in [-0.2, -0.15) is 8.78 Å². The molecule has 0 aliphatic heterocycles. The summed E-state index contributed by atoms with van der Waals surface area (Å²) < 4.78 is 29.2. The minimum absolute atomic E-state index is 0.0818. The van der Waals surface area contributed by atoms with Crippen molar-refractivity contribution < 1.29 is 18.6 Å². The highest BCUT2D eigenvalue weighted by molar-refractivity contribution is 6.30. The molecular weight excluding hydrogens is 300 g/mol. The molecule has 0 unspecified atom stereocenters. The predicted molar refractivity (Wildman–Crippen MR) is 78.3 cm³/mol. The molecule has 2 aromatic carbocycles. The Morgan fingerprint density at radius 3 is 2.67 bits per heavy atom. The van der Waals surface area contributed by atoms with Gasteiger partial charge in [-0.3, -0.25) is 0 Å². The molecule has 0 atom stereocenters. The van der Waals surface area contributed by atoms with Crippen LogP contribution < -0.4 is 10.1 Å².